The SMILES string of the molecule is CC(CC(=O)N1CCC(F)(C(=O)O)C1)C1CCCCC1. The lowest BCUT2D eigenvalue weighted by Gasteiger charge is -2.28. The molecule has 5 heteroatoms. The summed E-state index contributed by atoms with van der Waals surface area (Å²) >= 11 is 0. The highest BCUT2D eigenvalue weighted by Gasteiger charge is 2.46. The van der Waals surface area contributed by atoms with Crippen LogP contribution in [0.3, 0.4) is 0 Å². The first-order chi connectivity index (χ1) is 9.42. The maximum Gasteiger partial charge on any atom is 0.343 e. The number of alkyl halides is 1. The molecule has 2 atom stereocenters. The summed E-state index contributed by atoms with van der Waals surface area (Å²) in [5, 5.41) is 8.84. The normalized spacial score (nSPS) is 29.4. The van der Waals surface area contributed by atoms with Crippen LogP contribution in [0.4, 0.5) is 4.39 Å². The molecule has 4 nitrogen and oxygen atoms in total. The zero-order chi connectivity index (χ0) is 14.8. The first-order valence-electron chi connectivity index (χ1n) is 7.62. The molecule has 1 saturated carbocycles. The Bertz CT molecular complexity index is 381. The van der Waals surface area contributed by atoms with Gasteiger partial charge < -0.3 is 10.0 Å². The number of nitrogens with zero attached hydrogens (tertiary/aromatic N) is 1. The molecule has 114 valence electrons. The summed E-state index contributed by atoms with van der Waals surface area (Å²) in [4.78, 5) is 24.4. The second kappa shape index (κ2) is 6.10. The Kier molecular flexibility index (Phi) is 4.66. The van der Waals surface area contributed by atoms with Gasteiger partial charge in [0, 0.05) is 19.4 Å². The molecule has 0 aromatic rings. The molecule has 0 aromatic heterocycles. The molecule has 2 aliphatic rings. The molecule has 1 aliphatic heterocycles. The number of carboxylic acid groups (broad SMARTS) is 1. The molecule has 0 aromatic carbocycles. The summed E-state index contributed by atoms with van der Waals surface area (Å²) in [7, 11) is 0. The summed E-state index contributed by atoms with van der Waals surface area (Å²) in [6.07, 6.45) is 6.44. The predicted octanol–water partition coefficient (Wildman–Crippen LogP) is 2.62. The third-order valence-corrected chi connectivity index (χ3v) is 4.91. The van der Waals surface area contributed by atoms with Gasteiger partial charge >= 0.3 is 5.97 Å². The average Bonchev–Trinajstić information content (AvgIpc) is 2.84. The van der Waals surface area contributed by atoms with Gasteiger partial charge in [0.2, 0.25) is 11.6 Å². The summed E-state index contributed by atoms with van der Waals surface area (Å²) in [5.41, 5.74) is -2.25. The standard InChI is InChI=1S/C15H24FNO3/c1-11(12-5-3-2-4-6-12)9-13(18)17-8-7-15(16,10-17)14(19)20/h11-12H,2-10H2,1H3,(H,19,20). The zero-order valence-electron chi connectivity index (χ0n) is 12.1. The summed E-state index contributed by atoms with van der Waals surface area (Å²) < 4.78 is 13.9. The number of amides is 1. The van der Waals surface area contributed by atoms with Gasteiger partial charge in [0.1, 0.15) is 0 Å². The number of hydrogen-bond acceptors (Lipinski definition) is 2. The van der Waals surface area contributed by atoms with E-state index in [1.807, 2.05) is 0 Å². The first-order valence-corrected chi connectivity index (χ1v) is 7.62. The number of halogens is 1. The zero-order valence-corrected chi connectivity index (χ0v) is 12.1. The lowest BCUT2D eigenvalue weighted by atomic mass is 9.79. The van der Waals surface area contributed by atoms with Crippen LogP contribution in [0, 0.1) is 11.8 Å². The van der Waals surface area contributed by atoms with Gasteiger partial charge in [-0.2, -0.15) is 0 Å². The highest BCUT2D eigenvalue weighted by Crippen LogP contribution is 2.33. The summed E-state index contributed by atoms with van der Waals surface area (Å²) in [6, 6.07) is 0. The fraction of sp³-hybridized carbons (Fsp3) is 0.867. The molecule has 2 rings (SSSR count). The van der Waals surface area contributed by atoms with E-state index in [-0.39, 0.29) is 25.4 Å². The molecule has 1 saturated heterocycles. The Labute approximate surface area is 119 Å². The average molecular weight is 285 g/mol. The van der Waals surface area contributed by atoms with Crippen LogP contribution in [0.25, 0.3) is 0 Å². The van der Waals surface area contributed by atoms with Gasteiger partial charge in [-0.15, -0.1) is 0 Å². The van der Waals surface area contributed by atoms with Crippen molar-refractivity contribution in [1.29, 1.82) is 0 Å². The van der Waals surface area contributed by atoms with Crippen molar-refractivity contribution in [2.45, 2.75) is 57.5 Å². The van der Waals surface area contributed by atoms with E-state index in [2.05, 4.69) is 6.92 Å². The molecule has 2 unspecified atom stereocenters. The van der Waals surface area contributed by atoms with Crippen molar-refractivity contribution < 1.29 is 19.1 Å². The van der Waals surface area contributed by atoms with Crippen molar-refractivity contribution in [3.8, 4) is 0 Å². The van der Waals surface area contributed by atoms with Crippen molar-refractivity contribution in [2.75, 3.05) is 13.1 Å². The predicted molar refractivity (Wildman–Crippen MR) is 73.0 cm³/mol. The van der Waals surface area contributed by atoms with Crippen LogP contribution in [0.1, 0.15) is 51.9 Å². The molecular weight excluding hydrogens is 261 g/mol. The second-order valence-corrected chi connectivity index (χ2v) is 6.42. The van der Waals surface area contributed by atoms with Crippen LogP contribution in [0.2, 0.25) is 0 Å². The van der Waals surface area contributed by atoms with E-state index in [0.29, 0.717) is 18.3 Å². The van der Waals surface area contributed by atoms with Crippen molar-refractivity contribution in [2.24, 2.45) is 11.8 Å². The molecule has 20 heavy (non-hydrogen) atoms. The smallest absolute Gasteiger partial charge is 0.343 e. The molecule has 1 aliphatic carbocycles. The number of carbonyl (C=O) groups is 2. The van der Waals surface area contributed by atoms with Crippen LogP contribution in [-0.4, -0.2) is 40.6 Å². The number of hydrogen-bond donors (Lipinski definition) is 1. The first kappa shape index (κ1) is 15.3. The number of likely N-dealkylation sites (tertiary alicyclic amines) is 1. The van der Waals surface area contributed by atoms with Gasteiger partial charge in [0.05, 0.1) is 6.54 Å². The van der Waals surface area contributed by atoms with Gasteiger partial charge in [0.25, 0.3) is 0 Å². The van der Waals surface area contributed by atoms with Gasteiger partial charge in [-0.1, -0.05) is 39.0 Å². The van der Waals surface area contributed by atoms with Gasteiger partial charge in [-0.25, -0.2) is 9.18 Å². The van der Waals surface area contributed by atoms with Gasteiger partial charge in [-0.05, 0) is 11.8 Å². The fourth-order valence-corrected chi connectivity index (χ4v) is 3.43. The van der Waals surface area contributed by atoms with Crippen molar-refractivity contribution >= 4 is 11.9 Å². The highest BCUT2D eigenvalue weighted by atomic mass is 19.1. The molecule has 0 radical (unpaired) electrons. The minimum Gasteiger partial charge on any atom is -0.479 e. The third kappa shape index (κ3) is 3.30. The maximum absolute atomic E-state index is 13.9. The number of carboxylic acids is 1. The number of aliphatic carboxylic acids is 1. The molecule has 0 bridgehead atoms. The lowest BCUT2D eigenvalue weighted by Crippen LogP contribution is -2.39. The van der Waals surface area contributed by atoms with E-state index in [1.54, 1.807) is 0 Å². The Hall–Kier alpha value is -1.13. The van der Waals surface area contributed by atoms with Crippen molar-refractivity contribution in [1.82, 2.24) is 4.90 Å². The van der Waals surface area contributed by atoms with Gasteiger partial charge in [0.15, 0.2) is 0 Å². The third-order valence-electron chi connectivity index (χ3n) is 4.91. The monoisotopic (exact) mass is 285 g/mol. The Morgan fingerprint density at radius 3 is 2.55 bits per heavy atom. The Morgan fingerprint density at radius 1 is 1.35 bits per heavy atom. The second-order valence-electron chi connectivity index (χ2n) is 6.42. The van der Waals surface area contributed by atoms with E-state index in [1.165, 1.54) is 37.0 Å². The van der Waals surface area contributed by atoms with Crippen LogP contribution < -0.4 is 0 Å². The summed E-state index contributed by atoms with van der Waals surface area (Å²) in [6.45, 7) is 2.02. The van der Waals surface area contributed by atoms with E-state index >= 15 is 0 Å². The number of rotatable bonds is 4. The Balaban J connectivity index is 1.84. The molecule has 2 fully saturated rings. The van der Waals surface area contributed by atoms with Crippen LogP contribution in [0.5, 0.6) is 0 Å². The van der Waals surface area contributed by atoms with Crippen LogP contribution in [-0.2, 0) is 9.59 Å². The largest absolute Gasteiger partial charge is 0.479 e. The molecule has 0 spiro atoms. The van der Waals surface area contributed by atoms with E-state index in [0.717, 1.165) is 0 Å². The van der Waals surface area contributed by atoms with E-state index in [4.69, 9.17) is 5.11 Å². The molecular formula is C15H24FNO3. The van der Waals surface area contributed by atoms with Crippen LogP contribution in [0.15, 0.2) is 0 Å². The van der Waals surface area contributed by atoms with Gasteiger partial charge in [-0.3, -0.25) is 4.79 Å². The highest BCUT2D eigenvalue weighted by molar-refractivity contribution is 5.82. The molecule has 1 heterocycles. The van der Waals surface area contributed by atoms with E-state index < -0.39 is 11.6 Å². The van der Waals surface area contributed by atoms with E-state index in [9.17, 15) is 14.0 Å². The maximum atomic E-state index is 13.9. The van der Waals surface area contributed by atoms with Crippen molar-refractivity contribution in [3.63, 3.8) is 0 Å². The topological polar surface area (TPSA) is 57.6 Å². The van der Waals surface area contributed by atoms with Crippen molar-refractivity contribution in [3.05, 3.63) is 0 Å². The molecule has 1 amide bonds. The number of carbonyl (C=O) groups excluding carboxylic acids is 1. The lowest BCUT2D eigenvalue weighted by molar-refractivity contribution is -0.150. The quantitative estimate of drug-likeness (QED) is 0.864. The summed E-state index contributed by atoms with van der Waals surface area (Å²) in [5.74, 6) is -0.649. The molecule has 1 N–H and O–H groups in total. The van der Waals surface area contributed by atoms with Crippen LogP contribution >= 0.6 is 0 Å². The minimum atomic E-state index is -2.25. The Morgan fingerprint density at radius 2 is 2.00 bits per heavy atom. The fourth-order valence-electron chi connectivity index (χ4n) is 3.43. The minimum absolute atomic E-state index is 0.0914.